The number of rotatable bonds is 8. The number of ether oxygens (including phenoxy) is 1. The standard InChI is InChI=1S/C13H28N2O2/c1-7-11(8-2)15-12(16)10(3)14-9-13(4,5)17-6/h10-11,14H,7-9H2,1-6H3,(H,15,16). The van der Waals surface area contributed by atoms with E-state index in [2.05, 4.69) is 24.5 Å². The van der Waals surface area contributed by atoms with Crippen LogP contribution in [-0.2, 0) is 9.53 Å². The Balaban J connectivity index is 4.06. The van der Waals surface area contributed by atoms with Crippen molar-refractivity contribution >= 4 is 5.91 Å². The van der Waals surface area contributed by atoms with Crippen molar-refractivity contribution in [1.82, 2.24) is 10.6 Å². The van der Waals surface area contributed by atoms with E-state index in [9.17, 15) is 4.79 Å². The third-order valence-electron chi connectivity index (χ3n) is 3.11. The summed E-state index contributed by atoms with van der Waals surface area (Å²) >= 11 is 0. The molecule has 17 heavy (non-hydrogen) atoms. The van der Waals surface area contributed by atoms with Gasteiger partial charge in [-0.1, -0.05) is 13.8 Å². The van der Waals surface area contributed by atoms with Gasteiger partial charge in [-0.15, -0.1) is 0 Å². The van der Waals surface area contributed by atoms with E-state index < -0.39 is 0 Å². The van der Waals surface area contributed by atoms with Crippen molar-refractivity contribution < 1.29 is 9.53 Å². The maximum Gasteiger partial charge on any atom is 0.237 e. The van der Waals surface area contributed by atoms with Gasteiger partial charge in [0.25, 0.3) is 0 Å². The van der Waals surface area contributed by atoms with E-state index in [1.165, 1.54) is 0 Å². The predicted octanol–water partition coefficient (Wildman–Crippen LogP) is 1.69. The molecule has 4 nitrogen and oxygen atoms in total. The number of carbonyl (C=O) groups is 1. The van der Waals surface area contributed by atoms with Crippen LogP contribution in [0.5, 0.6) is 0 Å². The number of hydrogen-bond donors (Lipinski definition) is 2. The van der Waals surface area contributed by atoms with Crippen molar-refractivity contribution in [3.05, 3.63) is 0 Å². The normalized spacial score (nSPS) is 13.8. The molecule has 0 bridgehead atoms. The van der Waals surface area contributed by atoms with Crippen LogP contribution in [0.2, 0.25) is 0 Å². The second kappa shape index (κ2) is 7.67. The fraction of sp³-hybridized carbons (Fsp3) is 0.923. The number of nitrogens with one attached hydrogen (secondary N) is 2. The Bertz CT molecular complexity index is 225. The molecule has 0 aliphatic heterocycles. The van der Waals surface area contributed by atoms with Gasteiger partial charge in [-0.25, -0.2) is 0 Å². The van der Waals surface area contributed by atoms with E-state index >= 15 is 0 Å². The molecule has 0 radical (unpaired) electrons. The van der Waals surface area contributed by atoms with Crippen molar-refractivity contribution in [2.45, 2.75) is 65.1 Å². The molecule has 0 heterocycles. The second-order valence-electron chi connectivity index (χ2n) is 5.09. The molecule has 0 rings (SSSR count). The molecule has 2 N–H and O–H groups in total. The zero-order valence-electron chi connectivity index (χ0n) is 12.1. The summed E-state index contributed by atoms with van der Waals surface area (Å²) in [5, 5.41) is 6.22. The lowest BCUT2D eigenvalue weighted by atomic mass is 10.1. The molecule has 0 spiro atoms. The minimum atomic E-state index is -0.247. The SMILES string of the molecule is CCC(CC)NC(=O)C(C)NCC(C)(C)OC. The Kier molecular flexibility index (Phi) is 7.39. The van der Waals surface area contributed by atoms with Crippen molar-refractivity contribution in [1.29, 1.82) is 0 Å². The van der Waals surface area contributed by atoms with E-state index in [0.29, 0.717) is 6.54 Å². The molecule has 0 aliphatic carbocycles. The number of hydrogen-bond acceptors (Lipinski definition) is 3. The summed E-state index contributed by atoms with van der Waals surface area (Å²) < 4.78 is 5.30. The zero-order chi connectivity index (χ0) is 13.5. The van der Waals surface area contributed by atoms with Crippen LogP contribution in [0, 0.1) is 0 Å². The quantitative estimate of drug-likeness (QED) is 0.683. The second-order valence-corrected chi connectivity index (χ2v) is 5.09. The molecule has 1 unspecified atom stereocenters. The van der Waals surface area contributed by atoms with Gasteiger partial charge in [-0.05, 0) is 33.6 Å². The fourth-order valence-corrected chi connectivity index (χ4v) is 1.38. The van der Waals surface area contributed by atoms with Crippen LogP contribution in [0.3, 0.4) is 0 Å². The summed E-state index contributed by atoms with van der Waals surface area (Å²) in [5.74, 6) is 0.0607. The Labute approximate surface area is 105 Å². The first-order valence-electron chi connectivity index (χ1n) is 6.45. The van der Waals surface area contributed by atoms with Gasteiger partial charge in [0.15, 0.2) is 0 Å². The van der Waals surface area contributed by atoms with Crippen LogP contribution in [-0.4, -0.2) is 37.2 Å². The van der Waals surface area contributed by atoms with Crippen molar-refractivity contribution in [3.63, 3.8) is 0 Å². The monoisotopic (exact) mass is 244 g/mol. The van der Waals surface area contributed by atoms with Gasteiger partial charge < -0.3 is 15.4 Å². The van der Waals surface area contributed by atoms with E-state index in [1.807, 2.05) is 20.8 Å². The van der Waals surface area contributed by atoms with Crippen LogP contribution in [0.4, 0.5) is 0 Å². The molecule has 0 saturated heterocycles. The first-order valence-corrected chi connectivity index (χ1v) is 6.45. The van der Waals surface area contributed by atoms with Gasteiger partial charge in [0.2, 0.25) is 5.91 Å². The zero-order valence-corrected chi connectivity index (χ0v) is 12.1. The molecule has 0 fully saturated rings. The predicted molar refractivity (Wildman–Crippen MR) is 71.1 cm³/mol. The lowest BCUT2D eigenvalue weighted by Crippen LogP contribution is -2.49. The van der Waals surface area contributed by atoms with Gasteiger partial charge in [0.1, 0.15) is 0 Å². The third kappa shape index (κ3) is 6.64. The molecular formula is C13H28N2O2. The largest absolute Gasteiger partial charge is 0.377 e. The molecule has 0 aromatic rings. The number of methoxy groups -OCH3 is 1. The molecule has 0 aliphatic rings. The van der Waals surface area contributed by atoms with E-state index in [-0.39, 0.29) is 23.6 Å². The summed E-state index contributed by atoms with van der Waals surface area (Å²) in [6.45, 7) is 10.7. The van der Waals surface area contributed by atoms with Gasteiger partial charge in [0.05, 0.1) is 11.6 Å². The van der Waals surface area contributed by atoms with Crippen molar-refractivity contribution in [3.8, 4) is 0 Å². The average molecular weight is 244 g/mol. The van der Waals surface area contributed by atoms with Gasteiger partial charge in [0, 0.05) is 19.7 Å². The highest BCUT2D eigenvalue weighted by atomic mass is 16.5. The highest BCUT2D eigenvalue weighted by Gasteiger charge is 2.20. The maximum atomic E-state index is 11.9. The summed E-state index contributed by atoms with van der Waals surface area (Å²) in [5.41, 5.74) is -0.247. The molecule has 1 atom stereocenters. The summed E-state index contributed by atoms with van der Waals surface area (Å²) in [6, 6.07) is 0.0900. The Morgan fingerprint density at radius 1 is 1.29 bits per heavy atom. The molecule has 0 aromatic carbocycles. The summed E-state index contributed by atoms with van der Waals surface area (Å²) in [7, 11) is 1.68. The lowest BCUT2D eigenvalue weighted by Gasteiger charge is -2.26. The Morgan fingerprint density at radius 3 is 2.24 bits per heavy atom. The first-order chi connectivity index (χ1) is 7.86. The third-order valence-corrected chi connectivity index (χ3v) is 3.11. The topological polar surface area (TPSA) is 50.4 Å². The summed E-state index contributed by atoms with van der Waals surface area (Å²) in [4.78, 5) is 11.9. The fourth-order valence-electron chi connectivity index (χ4n) is 1.38. The number of carbonyl (C=O) groups excluding carboxylic acids is 1. The molecule has 1 amide bonds. The van der Waals surface area contributed by atoms with Gasteiger partial charge >= 0.3 is 0 Å². The molecule has 0 aromatic heterocycles. The van der Waals surface area contributed by atoms with Gasteiger partial charge in [-0.3, -0.25) is 4.79 Å². The Morgan fingerprint density at radius 2 is 1.82 bits per heavy atom. The van der Waals surface area contributed by atoms with Crippen molar-refractivity contribution in [2.75, 3.05) is 13.7 Å². The smallest absolute Gasteiger partial charge is 0.237 e. The van der Waals surface area contributed by atoms with E-state index in [1.54, 1.807) is 7.11 Å². The number of amides is 1. The minimum absolute atomic E-state index is 0.0607. The maximum absolute atomic E-state index is 11.9. The highest BCUT2D eigenvalue weighted by molar-refractivity contribution is 5.81. The first kappa shape index (κ1) is 16.4. The molecule has 102 valence electrons. The van der Waals surface area contributed by atoms with E-state index in [4.69, 9.17) is 4.74 Å². The minimum Gasteiger partial charge on any atom is -0.377 e. The molecular weight excluding hydrogens is 216 g/mol. The van der Waals surface area contributed by atoms with Crippen molar-refractivity contribution in [2.24, 2.45) is 0 Å². The van der Waals surface area contributed by atoms with Crippen LogP contribution in [0.1, 0.15) is 47.5 Å². The molecule has 0 saturated carbocycles. The lowest BCUT2D eigenvalue weighted by molar-refractivity contribution is -0.123. The molecule has 4 heteroatoms. The van der Waals surface area contributed by atoms with Crippen LogP contribution >= 0.6 is 0 Å². The van der Waals surface area contributed by atoms with Crippen LogP contribution in [0.25, 0.3) is 0 Å². The van der Waals surface area contributed by atoms with E-state index in [0.717, 1.165) is 12.8 Å². The van der Waals surface area contributed by atoms with Crippen LogP contribution in [0.15, 0.2) is 0 Å². The Hall–Kier alpha value is -0.610. The van der Waals surface area contributed by atoms with Gasteiger partial charge in [-0.2, -0.15) is 0 Å². The summed E-state index contributed by atoms with van der Waals surface area (Å²) in [6.07, 6.45) is 1.94. The van der Waals surface area contributed by atoms with Crippen LogP contribution < -0.4 is 10.6 Å². The average Bonchev–Trinajstić information content (AvgIpc) is 2.32. The highest BCUT2D eigenvalue weighted by Crippen LogP contribution is 2.05.